The summed E-state index contributed by atoms with van der Waals surface area (Å²) in [7, 11) is 0. The fourth-order valence-electron chi connectivity index (χ4n) is 2.89. The monoisotopic (exact) mass is 394 g/mol. The number of aryl methyl sites for hydroxylation is 2. The highest BCUT2D eigenvalue weighted by Gasteiger charge is 2.10. The van der Waals surface area contributed by atoms with E-state index in [1.807, 2.05) is 10.8 Å². The van der Waals surface area contributed by atoms with Crippen molar-refractivity contribution in [3.63, 3.8) is 0 Å². The van der Waals surface area contributed by atoms with Crippen LogP contribution >= 0.6 is 11.8 Å². The van der Waals surface area contributed by atoms with Gasteiger partial charge in [0.1, 0.15) is 0 Å². The molecular weight excluding hydrogens is 372 g/mol. The number of nitrogens with one attached hydrogen (secondary N) is 2. The molecule has 0 bridgehead atoms. The van der Waals surface area contributed by atoms with E-state index in [2.05, 4.69) is 47.7 Å². The van der Waals surface area contributed by atoms with Crippen molar-refractivity contribution in [2.24, 2.45) is 0 Å². The number of thioether (sulfide) groups is 1. The maximum atomic E-state index is 12.3. The van der Waals surface area contributed by atoms with Crippen LogP contribution < -0.4 is 10.6 Å². The number of carbonyl (C=O) groups is 2. The van der Waals surface area contributed by atoms with E-state index in [0.29, 0.717) is 11.4 Å². The Balaban J connectivity index is 1.64. The molecule has 3 rings (SSSR count). The highest BCUT2D eigenvalue weighted by molar-refractivity contribution is 7.99. The van der Waals surface area contributed by atoms with Gasteiger partial charge in [-0.1, -0.05) is 23.9 Å². The molecule has 0 saturated heterocycles. The quantitative estimate of drug-likeness (QED) is 0.615. The van der Waals surface area contributed by atoms with Crippen LogP contribution in [0.15, 0.2) is 60.0 Å². The molecule has 0 atom stereocenters. The molecular formula is C21H22N4O2S. The SMILES string of the molecule is CC(=O)Nc1cccc(NC(=O)CSc2nccn2-c2cc(C)cc(C)c2)c1. The molecule has 0 aliphatic heterocycles. The number of anilines is 2. The molecule has 1 heterocycles. The topological polar surface area (TPSA) is 76.0 Å². The minimum absolute atomic E-state index is 0.139. The van der Waals surface area contributed by atoms with Crippen molar-refractivity contribution in [2.45, 2.75) is 25.9 Å². The molecule has 28 heavy (non-hydrogen) atoms. The largest absolute Gasteiger partial charge is 0.326 e. The minimum atomic E-state index is -0.155. The molecule has 0 radical (unpaired) electrons. The molecule has 2 N–H and O–H groups in total. The Hall–Kier alpha value is -3.06. The fourth-order valence-corrected chi connectivity index (χ4v) is 3.66. The molecule has 0 spiro atoms. The Labute approximate surface area is 168 Å². The van der Waals surface area contributed by atoms with Crippen LogP contribution in [-0.4, -0.2) is 27.1 Å². The summed E-state index contributed by atoms with van der Waals surface area (Å²) in [6.07, 6.45) is 3.63. The zero-order chi connectivity index (χ0) is 20.1. The second-order valence-electron chi connectivity index (χ2n) is 6.52. The predicted molar refractivity (Wildman–Crippen MR) is 113 cm³/mol. The smallest absolute Gasteiger partial charge is 0.234 e. The van der Waals surface area contributed by atoms with E-state index in [1.54, 1.807) is 30.5 Å². The first-order chi connectivity index (χ1) is 13.4. The average Bonchev–Trinajstić information content (AvgIpc) is 3.07. The van der Waals surface area contributed by atoms with Crippen molar-refractivity contribution in [1.82, 2.24) is 9.55 Å². The fraction of sp³-hybridized carbons (Fsp3) is 0.190. The summed E-state index contributed by atoms with van der Waals surface area (Å²) in [6.45, 7) is 5.56. The zero-order valence-electron chi connectivity index (χ0n) is 16.0. The Kier molecular flexibility index (Phi) is 6.16. The van der Waals surface area contributed by atoms with E-state index in [-0.39, 0.29) is 17.6 Å². The van der Waals surface area contributed by atoms with Gasteiger partial charge in [0.05, 0.1) is 5.75 Å². The number of nitrogens with zero attached hydrogens (tertiary/aromatic N) is 2. The van der Waals surface area contributed by atoms with E-state index in [9.17, 15) is 9.59 Å². The highest BCUT2D eigenvalue weighted by Crippen LogP contribution is 2.23. The molecule has 7 heteroatoms. The van der Waals surface area contributed by atoms with Gasteiger partial charge in [-0.3, -0.25) is 14.2 Å². The van der Waals surface area contributed by atoms with Gasteiger partial charge < -0.3 is 10.6 Å². The summed E-state index contributed by atoms with van der Waals surface area (Å²) in [5.74, 6) is -0.0659. The number of carbonyl (C=O) groups excluding carboxylic acids is 2. The number of hydrogen-bond acceptors (Lipinski definition) is 4. The zero-order valence-corrected chi connectivity index (χ0v) is 16.8. The maximum absolute atomic E-state index is 12.3. The molecule has 144 valence electrons. The summed E-state index contributed by atoms with van der Waals surface area (Å²) in [5, 5.41) is 6.30. The molecule has 3 aromatic rings. The number of aromatic nitrogens is 2. The van der Waals surface area contributed by atoms with Crippen molar-refractivity contribution in [3.05, 3.63) is 66.0 Å². The molecule has 2 amide bonds. The van der Waals surface area contributed by atoms with Crippen LogP contribution in [0.5, 0.6) is 0 Å². The Morgan fingerprint density at radius 1 is 1.04 bits per heavy atom. The van der Waals surface area contributed by atoms with Crippen LogP contribution in [0, 0.1) is 13.8 Å². The molecule has 0 aliphatic rings. The average molecular weight is 395 g/mol. The van der Waals surface area contributed by atoms with E-state index < -0.39 is 0 Å². The van der Waals surface area contributed by atoms with Crippen molar-refractivity contribution in [1.29, 1.82) is 0 Å². The number of rotatable bonds is 6. The lowest BCUT2D eigenvalue weighted by Gasteiger charge is -2.10. The highest BCUT2D eigenvalue weighted by atomic mass is 32.2. The van der Waals surface area contributed by atoms with E-state index in [1.165, 1.54) is 29.8 Å². The van der Waals surface area contributed by atoms with E-state index in [4.69, 9.17) is 0 Å². The Bertz CT molecular complexity index is 993. The Morgan fingerprint density at radius 2 is 1.71 bits per heavy atom. The summed E-state index contributed by atoms with van der Waals surface area (Å²) >= 11 is 1.37. The number of hydrogen-bond donors (Lipinski definition) is 2. The summed E-state index contributed by atoms with van der Waals surface area (Å²) in [6, 6.07) is 13.4. The second kappa shape index (κ2) is 8.75. The van der Waals surface area contributed by atoms with E-state index >= 15 is 0 Å². The first kappa shape index (κ1) is 19.7. The lowest BCUT2D eigenvalue weighted by atomic mass is 10.1. The second-order valence-corrected chi connectivity index (χ2v) is 7.47. The number of imidazole rings is 1. The Morgan fingerprint density at radius 3 is 2.39 bits per heavy atom. The van der Waals surface area contributed by atoms with Crippen LogP contribution in [0.25, 0.3) is 5.69 Å². The third kappa shape index (κ3) is 5.23. The van der Waals surface area contributed by atoms with E-state index in [0.717, 1.165) is 10.8 Å². The van der Waals surface area contributed by atoms with Gasteiger partial charge in [-0.2, -0.15) is 0 Å². The summed E-state index contributed by atoms with van der Waals surface area (Å²) < 4.78 is 1.98. The van der Waals surface area contributed by atoms with Gasteiger partial charge >= 0.3 is 0 Å². The van der Waals surface area contributed by atoms with Crippen molar-refractivity contribution in [3.8, 4) is 5.69 Å². The lowest BCUT2D eigenvalue weighted by Crippen LogP contribution is -2.15. The van der Waals surface area contributed by atoms with Gasteiger partial charge in [-0.05, 0) is 55.3 Å². The maximum Gasteiger partial charge on any atom is 0.234 e. The third-order valence-corrected chi connectivity index (χ3v) is 4.86. The van der Waals surface area contributed by atoms with Crippen LogP contribution in [0.4, 0.5) is 11.4 Å². The van der Waals surface area contributed by atoms with Gasteiger partial charge in [-0.15, -0.1) is 0 Å². The van der Waals surface area contributed by atoms with Gasteiger partial charge in [-0.25, -0.2) is 4.98 Å². The van der Waals surface area contributed by atoms with Crippen LogP contribution in [0.3, 0.4) is 0 Å². The van der Waals surface area contributed by atoms with Gasteiger partial charge in [0.15, 0.2) is 5.16 Å². The van der Waals surface area contributed by atoms with Crippen molar-refractivity contribution < 1.29 is 9.59 Å². The number of amides is 2. The molecule has 0 fully saturated rings. The molecule has 2 aromatic carbocycles. The minimum Gasteiger partial charge on any atom is -0.326 e. The molecule has 6 nitrogen and oxygen atoms in total. The molecule has 0 unspecified atom stereocenters. The molecule has 0 aliphatic carbocycles. The lowest BCUT2D eigenvalue weighted by molar-refractivity contribution is -0.114. The third-order valence-electron chi connectivity index (χ3n) is 3.89. The predicted octanol–water partition coefficient (Wildman–Crippen LogP) is 4.18. The first-order valence-electron chi connectivity index (χ1n) is 8.83. The van der Waals surface area contributed by atoms with Crippen LogP contribution in [-0.2, 0) is 9.59 Å². The van der Waals surface area contributed by atoms with Gasteiger partial charge in [0, 0.05) is 36.4 Å². The molecule has 1 aromatic heterocycles. The normalized spacial score (nSPS) is 10.5. The summed E-state index contributed by atoms with van der Waals surface area (Å²) in [4.78, 5) is 27.9. The van der Waals surface area contributed by atoms with Crippen molar-refractivity contribution in [2.75, 3.05) is 16.4 Å². The van der Waals surface area contributed by atoms with Gasteiger partial charge in [0.2, 0.25) is 11.8 Å². The van der Waals surface area contributed by atoms with Crippen LogP contribution in [0.1, 0.15) is 18.1 Å². The van der Waals surface area contributed by atoms with Crippen molar-refractivity contribution >= 4 is 35.0 Å². The van der Waals surface area contributed by atoms with Crippen LogP contribution in [0.2, 0.25) is 0 Å². The summed E-state index contributed by atoms with van der Waals surface area (Å²) in [5.41, 5.74) is 4.66. The number of benzene rings is 2. The molecule has 0 saturated carbocycles. The van der Waals surface area contributed by atoms with Gasteiger partial charge in [0.25, 0.3) is 0 Å². The standard InChI is InChI=1S/C21H22N4O2S/c1-14-9-15(2)11-19(10-14)25-8-7-22-21(25)28-13-20(27)24-18-6-4-5-17(12-18)23-16(3)26/h4-12H,13H2,1-3H3,(H,23,26)(H,24,27). The first-order valence-corrected chi connectivity index (χ1v) is 9.81.